The molecular weight excluding hydrogens is 351 g/mol. The zero-order chi connectivity index (χ0) is 13.1. The van der Waals surface area contributed by atoms with E-state index in [1.54, 1.807) is 6.07 Å². The molecule has 0 saturated heterocycles. The molecule has 0 aromatic heterocycles. The highest BCUT2D eigenvalue weighted by Crippen LogP contribution is 2.38. The van der Waals surface area contributed by atoms with E-state index in [-0.39, 0.29) is 11.6 Å². The fraction of sp³-hybridized carbons (Fsp3) is 0. The van der Waals surface area contributed by atoms with Crippen molar-refractivity contribution in [3.63, 3.8) is 0 Å². The molecule has 1 aliphatic carbocycles. The largest absolute Gasteiger partial charge is 0.285 e. The van der Waals surface area contributed by atoms with E-state index in [1.807, 2.05) is 30.3 Å². The highest BCUT2D eigenvalue weighted by atomic mass is 127. The second kappa shape index (κ2) is 3.63. The van der Waals surface area contributed by atoms with Crippen molar-refractivity contribution in [3.05, 3.63) is 57.2 Å². The lowest BCUT2D eigenvalue weighted by atomic mass is 9.98. The molecule has 0 saturated carbocycles. The topological polar surface area (TPSA) is 34.1 Å². The van der Waals surface area contributed by atoms with Crippen LogP contribution in [0.2, 0.25) is 0 Å². The van der Waals surface area contributed by atoms with E-state index in [0.29, 0.717) is 11.1 Å². The third-order valence-electron chi connectivity index (χ3n) is 3.65. The Balaban J connectivity index is 2.39. The minimum Gasteiger partial charge on any atom is -0.285 e. The molecule has 0 unspecified atom stereocenters. The first-order valence-corrected chi connectivity index (χ1v) is 6.99. The number of rotatable bonds is 0. The number of hydrogen-bond acceptors (Lipinski definition) is 2. The summed E-state index contributed by atoms with van der Waals surface area (Å²) in [7, 11) is 0. The predicted octanol–water partition coefficient (Wildman–Crippen LogP) is 3.98. The zero-order valence-corrected chi connectivity index (χ0v) is 11.9. The van der Waals surface area contributed by atoms with Gasteiger partial charge in [0.1, 0.15) is 0 Å². The number of benzene rings is 3. The Morgan fingerprint density at radius 1 is 0.842 bits per heavy atom. The van der Waals surface area contributed by atoms with Crippen LogP contribution in [0.15, 0.2) is 42.5 Å². The van der Waals surface area contributed by atoms with Crippen molar-refractivity contribution in [1.29, 1.82) is 0 Å². The van der Waals surface area contributed by atoms with E-state index in [9.17, 15) is 9.59 Å². The molecule has 3 heteroatoms. The number of ketones is 2. The van der Waals surface area contributed by atoms with E-state index in [4.69, 9.17) is 0 Å². The molecule has 0 atom stereocenters. The monoisotopic (exact) mass is 358 g/mol. The maximum absolute atomic E-state index is 12.3. The van der Waals surface area contributed by atoms with Crippen LogP contribution in [0.3, 0.4) is 0 Å². The van der Waals surface area contributed by atoms with Crippen LogP contribution in [0.25, 0.3) is 21.5 Å². The van der Waals surface area contributed by atoms with Crippen LogP contribution in [0.4, 0.5) is 0 Å². The van der Waals surface area contributed by atoms with Gasteiger partial charge in [0.2, 0.25) is 11.6 Å². The minimum atomic E-state index is -0.382. The highest BCUT2D eigenvalue weighted by molar-refractivity contribution is 14.1. The van der Waals surface area contributed by atoms with Crippen molar-refractivity contribution in [2.24, 2.45) is 0 Å². The summed E-state index contributed by atoms with van der Waals surface area (Å²) in [6, 6.07) is 13.4. The predicted molar refractivity (Wildman–Crippen MR) is 82.8 cm³/mol. The van der Waals surface area contributed by atoms with E-state index >= 15 is 0 Å². The Morgan fingerprint density at radius 2 is 1.63 bits per heavy atom. The minimum absolute atomic E-state index is 0.376. The molecule has 0 N–H and O–H groups in total. The Bertz CT molecular complexity index is 909. The third kappa shape index (κ3) is 1.31. The molecule has 4 rings (SSSR count). The number of carbonyl (C=O) groups is 2. The molecule has 1 aliphatic rings. The summed E-state index contributed by atoms with van der Waals surface area (Å²) in [6.45, 7) is 0. The molecule has 0 heterocycles. The Morgan fingerprint density at radius 3 is 2.47 bits per heavy atom. The van der Waals surface area contributed by atoms with E-state index in [1.165, 1.54) is 0 Å². The fourth-order valence-electron chi connectivity index (χ4n) is 2.81. The molecule has 0 amide bonds. The maximum Gasteiger partial charge on any atom is 0.234 e. The van der Waals surface area contributed by atoms with Gasteiger partial charge in [0.25, 0.3) is 0 Å². The van der Waals surface area contributed by atoms with Crippen LogP contribution in [-0.2, 0) is 0 Å². The van der Waals surface area contributed by atoms with Crippen molar-refractivity contribution in [3.8, 4) is 0 Å². The molecule has 0 fully saturated rings. The van der Waals surface area contributed by atoms with Crippen LogP contribution in [-0.4, -0.2) is 11.6 Å². The normalized spacial score (nSPS) is 13.7. The van der Waals surface area contributed by atoms with Crippen LogP contribution >= 0.6 is 22.6 Å². The number of hydrogen-bond donors (Lipinski definition) is 0. The number of fused-ring (bicyclic) bond motifs is 2. The van der Waals surface area contributed by atoms with Gasteiger partial charge in [-0.2, -0.15) is 0 Å². The number of halogens is 1. The lowest BCUT2D eigenvalue weighted by Gasteiger charge is -2.06. The lowest BCUT2D eigenvalue weighted by molar-refractivity contribution is 0.0826. The van der Waals surface area contributed by atoms with Gasteiger partial charge in [0.15, 0.2) is 0 Å². The van der Waals surface area contributed by atoms with Gasteiger partial charge in [-0.25, -0.2) is 0 Å². The van der Waals surface area contributed by atoms with Crippen LogP contribution in [0.1, 0.15) is 20.7 Å². The van der Waals surface area contributed by atoms with Crippen LogP contribution in [0.5, 0.6) is 0 Å². The van der Waals surface area contributed by atoms with Crippen molar-refractivity contribution < 1.29 is 9.59 Å². The van der Waals surface area contributed by atoms with Crippen molar-refractivity contribution in [2.45, 2.75) is 0 Å². The molecule has 3 aromatic carbocycles. The standard InChI is InChI=1S/C16H7IO2/c17-12-6-5-10-13-11(12)7-8-3-1-2-4-9(8)14(13)16(19)15(10)18/h1-7H. The molecule has 19 heavy (non-hydrogen) atoms. The fourth-order valence-corrected chi connectivity index (χ4v) is 3.41. The molecule has 0 radical (unpaired) electrons. The van der Waals surface area contributed by atoms with Gasteiger partial charge in [-0.3, -0.25) is 9.59 Å². The van der Waals surface area contributed by atoms with Gasteiger partial charge in [-0.15, -0.1) is 0 Å². The quantitative estimate of drug-likeness (QED) is 0.346. The summed E-state index contributed by atoms with van der Waals surface area (Å²) in [5.41, 5.74) is 1.12. The third-order valence-corrected chi connectivity index (χ3v) is 4.59. The average molecular weight is 358 g/mol. The second-order valence-corrected chi connectivity index (χ2v) is 5.81. The summed E-state index contributed by atoms with van der Waals surface area (Å²) in [4.78, 5) is 24.3. The van der Waals surface area contributed by atoms with E-state index in [2.05, 4.69) is 28.7 Å². The SMILES string of the molecule is O=C1C(=O)c2c3ccccc3cc3c(I)ccc1c23. The molecule has 0 bridgehead atoms. The van der Waals surface area contributed by atoms with Gasteiger partial charge >= 0.3 is 0 Å². The molecule has 3 aromatic rings. The van der Waals surface area contributed by atoms with Crippen molar-refractivity contribution >= 4 is 55.7 Å². The molecule has 0 aliphatic heterocycles. The van der Waals surface area contributed by atoms with Gasteiger partial charge in [-0.05, 0) is 56.9 Å². The van der Waals surface area contributed by atoms with Crippen LogP contribution in [0, 0.1) is 3.57 Å². The molecular formula is C16H7IO2. The van der Waals surface area contributed by atoms with Gasteiger partial charge in [0.05, 0.1) is 0 Å². The maximum atomic E-state index is 12.3. The summed E-state index contributed by atoms with van der Waals surface area (Å²) in [5.74, 6) is -0.758. The summed E-state index contributed by atoms with van der Waals surface area (Å²) >= 11 is 2.24. The smallest absolute Gasteiger partial charge is 0.234 e. The first kappa shape index (κ1) is 11.1. The number of Topliss-reactive ketones (excluding diaryl/α,β-unsaturated/α-hetero) is 2. The molecule has 2 nitrogen and oxygen atoms in total. The molecule has 90 valence electrons. The van der Waals surface area contributed by atoms with Gasteiger partial charge in [-0.1, -0.05) is 24.3 Å². The highest BCUT2D eigenvalue weighted by Gasteiger charge is 2.32. The number of carbonyl (C=O) groups excluding carboxylic acids is 2. The summed E-state index contributed by atoms with van der Waals surface area (Å²) < 4.78 is 1.06. The first-order chi connectivity index (χ1) is 9.18. The van der Waals surface area contributed by atoms with Crippen molar-refractivity contribution in [1.82, 2.24) is 0 Å². The Hall–Kier alpha value is -1.75. The Labute approximate surface area is 122 Å². The van der Waals surface area contributed by atoms with E-state index < -0.39 is 0 Å². The van der Waals surface area contributed by atoms with Gasteiger partial charge < -0.3 is 0 Å². The van der Waals surface area contributed by atoms with Crippen molar-refractivity contribution in [2.75, 3.05) is 0 Å². The summed E-state index contributed by atoms with van der Waals surface area (Å²) in [6.07, 6.45) is 0. The second-order valence-electron chi connectivity index (χ2n) is 4.65. The average Bonchev–Trinajstić information content (AvgIpc) is 2.69. The Kier molecular flexibility index (Phi) is 2.12. The first-order valence-electron chi connectivity index (χ1n) is 5.91. The van der Waals surface area contributed by atoms with Gasteiger partial charge in [0, 0.05) is 20.1 Å². The summed E-state index contributed by atoms with van der Waals surface area (Å²) in [5, 5.41) is 3.68. The van der Waals surface area contributed by atoms with E-state index in [0.717, 1.165) is 25.1 Å². The zero-order valence-electron chi connectivity index (χ0n) is 9.74. The molecule has 0 spiro atoms. The lowest BCUT2D eigenvalue weighted by Crippen LogP contribution is -2.06. The van der Waals surface area contributed by atoms with Crippen LogP contribution < -0.4 is 0 Å².